The second-order valence-corrected chi connectivity index (χ2v) is 5.58. The Morgan fingerprint density at radius 2 is 1.90 bits per heavy atom. The third kappa shape index (κ3) is 19.4. The van der Waals surface area contributed by atoms with Crippen LogP contribution in [0.3, 0.4) is 0 Å². The molecule has 0 aromatic rings. The summed E-state index contributed by atoms with van der Waals surface area (Å²) in [5.74, 6) is 0.836. The maximum Gasteiger partial charge on any atom is 0.157 e. The molecule has 116 valence electrons. The molecule has 0 spiro atoms. The van der Waals surface area contributed by atoms with Gasteiger partial charge in [-0.3, -0.25) is 5.09 Å². The van der Waals surface area contributed by atoms with Crippen LogP contribution in [0, 0.1) is 0 Å². The minimum Gasteiger partial charge on any atom is -0.463 e. The van der Waals surface area contributed by atoms with Crippen molar-refractivity contribution in [1.29, 1.82) is 0 Å². The molecule has 0 aromatic carbocycles. The van der Waals surface area contributed by atoms with Crippen LogP contribution in [-0.4, -0.2) is 32.7 Å². The second-order valence-electron chi connectivity index (χ2n) is 4.09. The Morgan fingerprint density at radius 3 is 2.35 bits per heavy atom. The minimum atomic E-state index is -0.752. The molecule has 4 nitrogen and oxygen atoms in total. The first kappa shape index (κ1) is 21.3. The van der Waals surface area contributed by atoms with Crippen molar-refractivity contribution >= 4 is 14.6 Å². The van der Waals surface area contributed by atoms with Crippen molar-refractivity contribution < 1.29 is 14.1 Å². The van der Waals surface area contributed by atoms with Crippen molar-refractivity contribution in [3.05, 3.63) is 36.1 Å². The molecule has 0 rings (SSSR count). The van der Waals surface area contributed by atoms with Gasteiger partial charge < -0.3 is 14.1 Å². The zero-order chi connectivity index (χ0) is 15.8. The number of carbonyl (C=O) groups is 1. The Bertz CT molecular complexity index is 312. The van der Waals surface area contributed by atoms with Crippen molar-refractivity contribution in [2.24, 2.45) is 0 Å². The van der Waals surface area contributed by atoms with Crippen LogP contribution in [0.25, 0.3) is 0 Å². The topological polar surface area (TPSA) is 47.6 Å². The van der Waals surface area contributed by atoms with E-state index in [0.717, 1.165) is 12.0 Å². The highest BCUT2D eigenvalue weighted by molar-refractivity contribution is 7.49. The van der Waals surface area contributed by atoms with Gasteiger partial charge in [-0.25, -0.2) is 0 Å². The maximum atomic E-state index is 10.1. The van der Waals surface area contributed by atoms with Crippen LogP contribution in [0.5, 0.6) is 0 Å². The van der Waals surface area contributed by atoms with E-state index in [9.17, 15) is 4.79 Å². The fraction of sp³-hybridized carbons (Fsp3) is 0.533. The van der Waals surface area contributed by atoms with Crippen LogP contribution in [0.4, 0.5) is 0 Å². The van der Waals surface area contributed by atoms with Crippen LogP contribution in [-0.2, 0) is 14.1 Å². The largest absolute Gasteiger partial charge is 0.463 e. The van der Waals surface area contributed by atoms with Gasteiger partial charge in [-0.2, -0.15) is 0 Å². The van der Waals surface area contributed by atoms with Gasteiger partial charge in [0.1, 0.15) is 6.29 Å². The molecule has 5 heteroatoms. The van der Waals surface area contributed by atoms with Crippen molar-refractivity contribution in [3.63, 3.8) is 0 Å². The zero-order valence-corrected chi connectivity index (χ0v) is 14.3. The van der Waals surface area contributed by atoms with Gasteiger partial charge in [0.25, 0.3) is 0 Å². The molecule has 0 bridgehead atoms. The van der Waals surface area contributed by atoms with E-state index >= 15 is 0 Å². The summed E-state index contributed by atoms with van der Waals surface area (Å²) in [5.41, 5.74) is 0. The van der Waals surface area contributed by atoms with E-state index in [1.807, 2.05) is 64.7 Å². The number of rotatable bonds is 8. The third-order valence-corrected chi connectivity index (χ3v) is 3.08. The van der Waals surface area contributed by atoms with E-state index in [-0.39, 0.29) is 0 Å². The molecule has 20 heavy (non-hydrogen) atoms. The van der Waals surface area contributed by atoms with Gasteiger partial charge in [0.15, 0.2) is 8.30 Å². The molecule has 0 aliphatic rings. The molecule has 1 unspecified atom stereocenters. The number of hydrogen-bond donors (Lipinski definition) is 1. The average Bonchev–Trinajstić information content (AvgIpc) is 2.42. The first-order valence-corrected chi connectivity index (χ1v) is 8.26. The highest BCUT2D eigenvalue weighted by Crippen LogP contribution is 2.29. The lowest BCUT2D eigenvalue weighted by molar-refractivity contribution is -0.106. The summed E-state index contributed by atoms with van der Waals surface area (Å²) in [6.45, 7) is 10.1. The number of carbonyl (C=O) groups excluding carboxylic acids is 1. The van der Waals surface area contributed by atoms with Crippen molar-refractivity contribution in [3.8, 4) is 0 Å². The highest BCUT2D eigenvalue weighted by Gasteiger charge is 2.00. The van der Waals surface area contributed by atoms with Crippen molar-refractivity contribution in [2.45, 2.75) is 33.8 Å². The van der Waals surface area contributed by atoms with Gasteiger partial charge in [-0.1, -0.05) is 24.3 Å². The first-order valence-electron chi connectivity index (χ1n) is 6.55. The standard InChI is InChI=1S/C11H18NO2P.C4H10O/c1-4-5-6-7-8-11(2)14-15(3)12-9-10-13;1-4(2)5-3/h4-8,10,12H,9H2,1-3H3;4H,1-3H3/b5-4-,7-6-,11-8+;. The Labute approximate surface area is 124 Å². The van der Waals surface area contributed by atoms with Crippen LogP contribution in [0.15, 0.2) is 36.1 Å². The van der Waals surface area contributed by atoms with Crippen molar-refractivity contribution in [2.75, 3.05) is 20.3 Å². The molecular formula is C15H28NO3P. The van der Waals surface area contributed by atoms with E-state index in [2.05, 4.69) is 5.09 Å². The van der Waals surface area contributed by atoms with E-state index < -0.39 is 8.30 Å². The van der Waals surface area contributed by atoms with Gasteiger partial charge in [0, 0.05) is 13.8 Å². The number of ether oxygens (including phenoxy) is 1. The van der Waals surface area contributed by atoms with Crippen LogP contribution in [0.1, 0.15) is 27.7 Å². The predicted molar refractivity (Wildman–Crippen MR) is 87.9 cm³/mol. The first-order chi connectivity index (χ1) is 9.47. The molecule has 0 aliphatic heterocycles. The summed E-state index contributed by atoms with van der Waals surface area (Å²) in [6, 6.07) is 0. The molecule has 1 atom stereocenters. The van der Waals surface area contributed by atoms with E-state index in [4.69, 9.17) is 9.26 Å². The second kappa shape index (κ2) is 16.1. The smallest absolute Gasteiger partial charge is 0.157 e. The summed E-state index contributed by atoms with van der Waals surface area (Å²) < 4.78 is 10.3. The van der Waals surface area contributed by atoms with Gasteiger partial charge in [-0.15, -0.1) is 0 Å². The molecular weight excluding hydrogens is 273 g/mol. The van der Waals surface area contributed by atoms with Gasteiger partial charge >= 0.3 is 0 Å². The lowest BCUT2D eigenvalue weighted by atomic mass is 10.4. The van der Waals surface area contributed by atoms with E-state index in [1.54, 1.807) is 7.11 Å². The maximum absolute atomic E-state index is 10.1. The van der Waals surface area contributed by atoms with Gasteiger partial charge in [0.05, 0.1) is 18.4 Å². The minimum absolute atomic E-state index is 0.337. The van der Waals surface area contributed by atoms with Crippen LogP contribution >= 0.6 is 8.30 Å². The Morgan fingerprint density at radius 1 is 1.30 bits per heavy atom. The zero-order valence-electron chi connectivity index (χ0n) is 13.4. The molecule has 0 heterocycles. The molecule has 0 fully saturated rings. The summed E-state index contributed by atoms with van der Waals surface area (Å²) in [7, 11) is 0.947. The summed E-state index contributed by atoms with van der Waals surface area (Å²) in [5, 5.41) is 2.96. The lowest BCUT2D eigenvalue weighted by Gasteiger charge is -2.13. The highest BCUT2D eigenvalue weighted by atomic mass is 31.2. The molecule has 0 aliphatic carbocycles. The quantitative estimate of drug-likeness (QED) is 0.320. The fourth-order valence-corrected chi connectivity index (χ4v) is 1.70. The number of hydrogen-bond acceptors (Lipinski definition) is 4. The Balaban J connectivity index is 0. The van der Waals surface area contributed by atoms with E-state index in [0.29, 0.717) is 12.6 Å². The SMILES string of the molecule is COC(C)C.C\C=C/C=C\C=C(/C)OP(C)NCC=O. The molecule has 0 aromatic heterocycles. The number of nitrogens with one attached hydrogen (secondary N) is 1. The molecule has 1 N–H and O–H groups in total. The summed E-state index contributed by atoms with van der Waals surface area (Å²) in [6.07, 6.45) is 10.9. The number of methoxy groups -OCH3 is 1. The van der Waals surface area contributed by atoms with Crippen LogP contribution in [0.2, 0.25) is 0 Å². The fourth-order valence-electron chi connectivity index (χ4n) is 0.811. The molecule has 0 saturated heterocycles. The normalized spacial score (nSPS) is 13.4. The summed E-state index contributed by atoms with van der Waals surface area (Å²) >= 11 is 0. The Kier molecular flexibility index (Phi) is 17.2. The number of allylic oxidation sites excluding steroid dienone is 6. The lowest BCUT2D eigenvalue weighted by Crippen LogP contribution is -2.10. The molecule has 0 saturated carbocycles. The average molecular weight is 301 g/mol. The van der Waals surface area contributed by atoms with Gasteiger partial charge in [0.2, 0.25) is 0 Å². The monoisotopic (exact) mass is 301 g/mol. The van der Waals surface area contributed by atoms with E-state index in [1.165, 1.54) is 0 Å². The predicted octanol–water partition coefficient (Wildman–Crippen LogP) is 3.81. The number of aldehydes is 1. The Hall–Kier alpha value is -0.960. The molecule has 0 radical (unpaired) electrons. The third-order valence-electron chi connectivity index (χ3n) is 1.90. The van der Waals surface area contributed by atoms with Gasteiger partial charge in [-0.05, 0) is 33.8 Å². The van der Waals surface area contributed by atoms with Crippen molar-refractivity contribution in [1.82, 2.24) is 5.09 Å². The van der Waals surface area contributed by atoms with Crippen LogP contribution < -0.4 is 5.09 Å². The summed E-state index contributed by atoms with van der Waals surface area (Å²) in [4.78, 5) is 10.1. The molecule has 0 amide bonds.